The number of hydrogen-bond acceptors (Lipinski definition) is 3. The van der Waals surface area contributed by atoms with E-state index in [-0.39, 0.29) is 23.7 Å². The molecule has 0 aliphatic heterocycles. The molecule has 1 amide bonds. The summed E-state index contributed by atoms with van der Waals surface area (Å²) in [6.45, 7) is 0.263. The Morgan fingerprint density at radius 3 is 2.42 bits per heavy atom. The smallest absolute Gasteiger partial charge is 0.325 e. The number of hydrogen-bond donors (Lipinski definition) is 1. The Hall–Kier alpha value is -3.65. The molecule has 0 radical (unpaired) electrons. The van der Waals surface area contributed by atoms with Crippen LogP contribution in [0.15, 0.2) is 66.7 Å². The molecule has 0 fully saturated rings. The number of nitrogens with zero attached hydrogens (tertiary/aromatic N) is 3. The third-order valence-corrected chi connectivity index (χ3v) is 5.72. The van der Waals surface area contributed by atoms with E-state index < -0.39 is 17.6 Å². The molecule has 166 valence electrons. The van der Waals surface area contributed by atoms with Gasteiger partial charge in [0.05, 0.1) is 32.8 Å². The van der Waals surface area contributed by atoms with Gasteiger partial charge in [-0.05, 0) is 36.4 Å². The highest BCUT2D eigenvalue weighted by atomic mass is 35.5. The second-order valence-corrected chi connectivity index (χ2v) is 7.95. The van der Waals surface area contributed by atoms with Gasteiger partial charge in [0.2, 0.25) is 5.91 Å². The maximum Gasteiger partial charge on any atom is 0.416 e. The van der Waals surface area contributed by atoms with Crippen molar-refractivity contribution in [2.45, 2.75) is 19.1 Å². The van der Waals surface area contributed by atoms with Crippen molar-refractivity contribution >= 4 is 56.3 Å². The van der Waals surface area contributed by atoms with Crippen molar-refractivity contribution in [3.63, 3.8) is 0 Å². The Balaban J connectivity index is 1.46. The highest BCUT2D eigenvalue weighted by Gasteiger charge is 2.31. The van der Waals surface area contributed by atoms with Gasteiger partial charge in [0.25, 0.3) is 0 Å². The molecule has 0 bridgehead atoms. The molecular weight excluding hydrogens is 453 g/mol. The number of benzene rings is 3. The Labute approximate surface area is 190 Å². The zero-order chi connectivity index (χ0) is 23.2. The molecule has 0 aliphatic carbocycles. The molecule has 33 heavy (non-hydrogen) atoms. The number of nitrogens with one attached hydrogen (secondary N) is 1. The lowest BCUT2D eigenvalue weighted by Crippen LogP contribution is -2.16. The van der Waals surface area contributed by atoms with Crippen molar-refractivity contribution < 1.29 is 18.0 Å². The van der Waals surface area contributed by atoms with E-state index in [1.54, 1.807) is 0 Å². The average molecular weight is 469 g/mol. The fraction of sp³-hybridized carbons (Fsp3) is 0.125. The number of halogens is 4. The number of rotatable bonds is 4. The minimum atomic E-state index is -4.53. The van der Waals surface area contributed by atoms with Gasteiger partial charge in [-0.2, -0.15) is 13.2 Å². The van der Waals surface area contributed by atoms with Crippen molar-refractivity contribution in [1.29, 1.82) is 0 Å². The second-order valence-electron chi connectivity index (χ2n) is 7.54. The number of aryl methyl sites for hydroxylation is 1. The van der Waals surface area contributed by atoms with Gasteiger partial charge in [-0.25, -0.2) is 9.97 Å². The first-order valence-electron chi connectivity index (χ1n) is 10.1. The van der Waals surface area contributed by atoms with Crippen LogP contribution in [0.1, 0.15) is 12.0 Å². The van der Waals surface area contributed by atoms with Crippen LogP contribution in [0.25, 0.3) is 33.1 Å². The summed E-state index contributed by atoms with van der Waals surface area (Å²) in [7, 11) is 0. The van der Waals surface area contributed by atoms with Gasteiger partial charge in [0.1, 0.15) is 5.52 Å². The highest BCUT2D eigenvalue weighted by Crippen LogP contribution is 2.34. The van der Waals surface area contributed by atoms with E-state index in [0.717, 1.165) is 45.7 Å². The largest absolute Gasteiger partial charge is 0.416 e. The molecule has 5 nitrogen and oxygen atoms in total. The summed E-state index contributed by atoms with van der Waals surface area (Å²) in [4.78, 5) is 22.1. The number of para-hydroxylation sites is 3. The van der Waals surface area contributed by atoms with Crippen LogP contribution in [0.2, 0.25) is 5.02 Å². The third kappa shape index (κ3) is 3.98. The normalized spacial score (nSPS) is 12.0. The van der Waals surface area contributed by atoms with Gasteiger partial charge in [0, 0.05) is 18.4 Å². The van der Waals surface area contributed by atoms with E-state index in [1.807, 2.05) is 53.1 Å². The quantitative estimate of drug-likeness (QED) is 0.330. The summed E-state index contributed by atoms with van der Waals surface area (Å²) in [5.74, 6) is -0.462. The van der Waals surface area contributed by atoms with E-state index >= 15 is 0 Å². The minimum absolute atomic E-state index is 0.00879. The van der Waals surface area contributed by atoms with Crippen LogP contribution in [-0.2, 0) is 17.5 Å². The van der Waals surface area contributed by atoms with Crippen LogP contribution in [0.3, 0.4) is 0 Å². The van der Waals surface area contributed by atoms with E-state index in [1.165, 1.54) is 0 Å². The van der Waals surface area contributed by atoms with Crippen LogP contribution >= 0.6 is 11.6 Å². The van der Waals surface area contributed by atoms with Gasteiger partial charge in [-0.15, -0.1) is 0 Å². The number of fused-ring (bicyclic) bond motifs is 4. The molecule has 5 rings (SSSR count). The SMILES string of the molecule is O=C(CCn1c2ccccc2c2nc3ccccc3nc21)Nc1cc(C(F)(F)F)ccc1Cl. The van der Waals surface area contributed by atoms with E-state index in [0.29, 0.717) is 5.65 Å². The van der Waals surface area contributed by atoms with E-state index in [9.17, 15) is 18.0 Å². The average Bonchev–Trinajstić information content (AvgIpc) is 3.09. The fourth-order valence-corrected chi connectivity index (χ4v) is 4.00. The zero-order valence-electron chi connectivity index (χ0n) is 17.0. The molecule has 0 spiro atoms. The molecule has 0 saturated heterocycles. The molecule has 0 saturated carbocycles. The number of aromatic nitrogens is 3. The lowest BCUT2D eigenvalue weighted by atomic mass is 10.2. The summed E-state index contributed by atoms with van der Waals surface area (Å²) in [5.41, 5.74) is 2.77. The van der Waals surface area contributed by atoms with Gasteiger partial charge in [-0.1, -0.05) is 41.9 Å². The number of alkyl halides is 3. The molecule has 2 heterocycles. The Morgan fingerprint density at radius 1 is 0.970 bits per heavy atom. The van der Waals surface area contributed by atoms with Crippen molar-refractivity contribution in [2.75, 3.05) is 5.32 Å². The Morgan fingerprint density at radius 2 is 1.67 bits per heavy atom. The number of amides is 1. The molecule has 0 unspecified atom stereocenters. The van der Waals surface area contributed by atoms with Crippen LogP contribution in [0.4, 0.5) is 18.9 Å². The standard InChI is InChI=1S/C24H16ClF3N4O/c25-16-10-9-14(24(26,27)28)13-19(16)29-21(33)11-12-32-20-8-4-1-5-15(20)22-23(32)31-18-7-3-2-6-17(18)30-22/h1-10,13H,11-12H2,(H,29,33). The molecule has 9 heteroatoms. The molecule has 0 aliphatic rings. The van der Waals surface area contributed by atoms with E-state index in [2.05, 4.69) is 5.32 Å². The maximum absolute atomic E-state index is 13.0. The predicted octanol–water partition coefficient (Wildman–Crippen LogP) is 6.44. The minimum Gasteiger partial charge on any atom is -0.325 e. The highest BCUT2D eigenvalue weighted by molar-refractivity contribution is 6.33. The molecular formula is C24H16ClF3N4O. The number of anilines is 1. The summed E-state index contributed by atoms with van der Waals surface area (Å²) in [6, 6.07) is 18.0. The van der Waals surface area contributed by atoms with Crippen molar-refractivity contribution in [1.82, 2.24) is 14.5 Å². The molecule has 5 aromatic rings. The monoisotopic (exact) mass is 468 g/mol. The molecule has 1 N–H and O–H groups in total. The first kappa shape index (κ1) is 21.2. The predicted molar refractivity (Wildman–Crippen MR) is 122 cm³/mol. The van der Waals surface area contributed by atoms with Gasteiger partial charge >= 0.3 is 6.18 Å². The van der Waals surface area contributed by atoms with Crippen molar-refractivity contribution in [2.24, 2.45) is 0 Å². The lowest BCUT2D eigenvalue weighted by molar-refractivity contribution is -0.137. The van der Waals surface area contributed by atoms with Crippen molar-refractivity contribution in [3.8, 4) is 0 Å². The van der Waals surface area contributed by atoms with E-state index in [4.69, 9.17) is 21.6 Å². The zero-order valence-corrected chi connectivity index (χ0v) is 17.8. The van der Waals surface area contributed by atoms with Gasteiger partial charge < -0.3 is 9.88 Å². The summed E-state index contributed by atoms with van der Waals surface area (Å²) >= 11 is 6.00. The topological polar surface area (TPSA) is 59.8 Å². The number of carbonyl (C=O) groups excluding carboxylic acids is 1. The second kappa shape index (κ2) is 8.04. The number of carbonyl (C=O) groups is 1. The van der Waals surface area contributed by atoms with Crippen molar-refractivity contribution in [3.05, 3.63) is 77.3 Å². The van der Waals surface area contributed by atoms with Crippen LogP contribution < -0.4 is 5.32 Å². The molecule has 2 aromatic heterocycles. The Kier molecular flexibility index (Phi) is 5.17. The van der Waals surface area contributed by atoms with Crippen LogP contribution in [0.5, 0.6) is 0 Å². The molecule has 3 aromatic carbocycles. The third-order valence-electron chi connectivity index (χ3n) is 5.39. The molecule has 0 atom stereocenters. The van der Waals surface area contributed by atoms with Crippen LogP contribution in [-0.4, -0.2) is 20.4 Å². The van der Waals surface area contributed by atoms with Gasteiger partial charge in [0.15, 0.2) is 5.65 Å². The summed E-state index contributed by atoms with van der Waals surface area (Å²) in [5, 5.41) is 3.43. The first-order valence-corrected chi connectivity index (χ1v) is 10.5. The summed E-state index contributed by atoms with van der Waals surface area (Å²) in [6.07, 6.45) is -4.52. The Bertz CT molecular complexity index is 1530. The lowest BCUT2D eigenvalue weighted by Gasteiger charge is -2.12. The summed E-state index contributed by atoms with van der Waals surface area (Å²) < 4.78 is 40.9. The maximum atomic E-state index is 13.0. The fourth-order valence-electron chi connectivity index (χ4n) is 3.83. The first-order chi connectivity index (χ1) is 15.8. The van der Waals surface area contributed by atoms with Gasteiger partial charge in [-0.3, -0.25) is 4.79 Å². The van der Waals surface area contributed by atoms with Crippen LogP contribution in [0, 0.1) is 0 Å².